The lowest BCUT2D eigenvalue weighted by atomic mass is 10.1. The first-order chi connectivity index (χ1) is 10.2. The standard InChI is InChI=1S/C16H20N4O/c1-12(18-10-16(21)19-14-4-5-14)13-2-6-15(7-3-13)20-9-8-17-11-20/h2-3,6-9,11-12,14,18H,4-5,10H2,1H3,(H,19,21). The molecule has 2 N–H and O–H groups in total. The monoisotopic (exact) mass is 284 g/mol. The van der Waals surface area contributed by atoms with Crippen molar-refractivity contribution in [1.82, 2.24) is 20.2 Å². The van der Waals surface area contributed by atoms with Crippen molar-refractivity contribution in [1.29, 1.82) is 0 Å². The maximum Gasteiger partial charge on any atom is 0.234 e. The maximum atomic E-state index is 11.7. The molecule has 1 fully saturated rings. The van der Waals surface area contributed by atoms with Crippen LogP contribution in [0.4, 0.5) is 0 Å². The van der Waals surface area contributed by atoms with Crippen molar-refractivity contribution in [3.8, 4) is 5.69 Å². The van der Waals surface area contributed by atoms with Gasteiger partial charge in [0.1, 0.15) is 0 Å². The Bertz CT molecular complexity index is 587. The van der Waals surface area contributed by atoms with Crippen LogP contribution in [0.5, 0.6) is 0 Å². The normalized spacial score (nSPS) is 15.7. The zero-order chi connectivity index (χ0) is 14.7. The van der Waals surface area contributed by atoms with Crippen LogP contribution in [0.25, 0.3) is 5.69 Å². The van der Waals surface area contributed by atoms with E-state index < -0.39 is 0 Å². The fourth-order valence-corrected chi connectivity index (χ4v) is 2.22. The van der Waals surface area contributed by atoms with E-state index in [1.807, 2.05) is 10.8 Å². The molecule has 110 valence electrons. The molecule has 0 bridgehead atoms. The highest BCUT2D eigenvalue weighted by Gasteiger charge is 2.23. The topological polar surface area (TPSA) is 59.0 Å². The molecule has 1 aromatic carbocycles. The van der Waals surface area contributed by atoms with Crippen molar-refractivity contribution in [3.05, 3.63) is 48.5 Å². The van der Waals surface area contributed by atoms with Gasteiger partial charge in [0, 0.05) is 30.2 Å². The summed E-state index contributed by atoms with van der Waals surface area (Å²) in [4.78, 5) is 15.7. The Kier molecular flexibility index (Phi) is 4.01. The molecule has 0 radical (unpaired) electrons. The second-order valence-corrected chi connectivity index (χ2v) is 5.51. The average molecular weight is 284 g/mol. The summed E-state index contributed by atoms with van der Waals surface area (Å²) in [5.74, 6) is 0.0828. The van der Waals surface area contributed by atoms with E-state index in [2.05, 4.69) is 46.8 Å². The fourth-order valence-electron chi connectivity index (χ4n) is 2.22. The maximum absolute atomic E-state index is 11.7. The molecule has 0 aliphatic heterocycles. The molecule has 21 heavy (non-hydrogen) atoms. The van der Waals surface area contributed by atoms with Crippen LogP contribution in [0.2, 0.25) is 0 Å². The van der Waals surface area contributed by atoms with Gasteiger partial charge in [-0.3, -0.25) is 4.79 Å². The minimum Gasteiger partial charge on any atom is -0.352 e. The van der Waals surface area contributed by atoms with Crippen molar-refractivity contribution < 1.29 is 4.79 Å². The lowest BCUT2D eigenvalue weighted by Crippen LogP contribution is -2.36. The summed E-state index contributed by atoms with van der Waals surface area (Å²) in [5, 5.41) is 6.23. The van der Waals surface area contributed by atoms with Crippen LogP contribution in [0, 0.1) is 0 Å². The summed E-state index contributed by atoms with van der Waals surface area (Å²) >= 11 is 0. The van der Waals surface area contributed by atoms with Gasteiger partial charge >= 0.3 is 0 Å². The van der Waals surface area contributed by atoms with E-state index in [1.54, 1.807) is 12.5 Å². The van der Waals surface area contributed by atoms with Gasteiger partial charge in [0.25, 0.3) is 0 Å². The van der Waals surface area contributed by atoms with E-state index in [-0.39, 0.29) is 11.9 Å². The number of benzene rings is 1. The van der Waals surface area contributed by atoms with Gasteiger partial charge in [-0.1, -0.05) is 12.1 Å². The van der Waals surface area contributed by atoms with Crippen molar-refractivity contribution >= 4 is 5.91 Å². The number of carbonyl (C=O) groups is 1. The molecule has 1 aromatic heterocycles. The number of hydrogen-bond acceptors (Lipinski definition) is 3. The van der Waals surface area contributed by atoms with Crippen LogP contribution in [-0.4, -0.2) is 28.0 Å². The van der Waals surface area contributed by atoms with Crippen LogP contribution < -0.4 is 10.6 Å². The molecule has 5 nitrogen and oxygen atoms in total. The Morgan fingerprint density at radius 1 is 1.38 bits per heavy atom. The van der Waals surface area contributed by atoms with Crippen LogP contribution in [-0.2, 0) is 4.79 Å². The SMILES string of the molecule is CC(NCC(=O)NC1CC1)c1ccc(-n2ccnc2)cc1. The molecule has 1 aliphatic rings. The molecule has 0 saturated heterocycles. The Morgan fingerprint density at radius 3 is 2.76 bits per heavy atom. The molecule has 1 unspecified atom stereocenters. The van der Waals surface area contributed by atoms with Gasteiger partial charge in [-0.2, -0.15) is 0 Å². The molecule has 3 rings (SSSR count). The van der Waals surface area contributed by atoms with E-state index in [0.717, 1.165) is 24.1 Å². The van der Waals surface area contributed by atoms with Crippen LogP contribution in [0.15, 0.2) is 43.0 Å². The quantitative estimate of drug-likeness (QED) is 0.850. The largest absolute Gasteiger partial charge is 0.352 e. The molecule has 1 amide bonds. The zero-order valence-corrected chi connectivity index (χ0v) is 12.1. The number of nitrogens with zero attached hydrogens (tertiary/aromatic N) is 2. The van der Waals surface area contributed by atoms with Gasteiger partial charge in [-0.05, 0) is 37.5 Å². The summed E-state index contributed by atoms with van der Waals surface area (Å²) in [6, 6.07) is 8.83. The minimum atomic E-state index is 0.0828. The van der Waals surface area contributed by atoms with Gasteiger partial charge in [0.15, 0.2) is 0 Å². The first kappa shape index (κ1) is 13.8. The van der Waals surface area contributed by atoms with Crippen LogP contribution in [0.3, 0.4) is 0 Å². The van der Waals surface area contributed by atoms with E-state index in [9.17, 15) is 4.79 Å². The third kappa shape index (κ3) is 3.70. The Hall–Kier alpha value is -2.14. The molecule has 5 heteroatoms. The highest BCUT2D eigenvalue weighted by Crippen LogP contribution is 2.18. The predicted molar refractivity (Wildman–Crippen MR) is 81.1 cm³/mol. The number of aromatic nitrogens is 2. The summed E-state index contributed by atoms with van der Waals surface area (Å²) < 4.78 is 1.96. The zero-order valence-electron chi connectivity index (χ0n) is 12.1. The molecule has 1 aliphatic carbocycles. The summed E-state index contributed by atoms with van der Waals surface area (Å²) in [5.41, 5.74) is 2.24. The molecular formula is C16H20N4O. The number of amides is 1. The number of hydrogen-bond donors (Lipinski definition) is 2. The molecule has 0 spiro atoms. The lowest BCUT2D eigenvalue weighted by Gasteiger charge is -2.14. The highest BCUT2D eigenvalue weighted by atomic mass is 16.2. The van der Waals surface area contributed by atoms with Crippen molar-refractivity contribution in [2.45, 2.75) is 31.8 Å². The number of imidazole rings is 1. The third-order valence-electron chi connectivity index (χ3n) is 3.71. The Balaban J connectivity index is 1.54. The number of nitrogens with one attached hydrogen (secondary N) is 2. The van der Waals surface area contributed by atoms with Crippen LogP contribution in [0.1, 0.15) is 31.4 Å². The molecule has 1 heterocycles. The molecule has 1 saturated carbocycles. The van der Waals surface area contributed by atoms with Crippen molar-refractivity contribution in [2.75, 3.05) is 6.54 Å². The summed E-state index contributed by atoms with van der Waals surface area (Å²) in [6.07, 6.45) is 7.70. The predicted octanol–water partition coefficient (Wildman–Crippen LogP) is 1.80. The highest BCUT2D eigenvalue weighted by molar-refractivity contribution is 5.78. The van der Waals surface area contributed by atoms with Gasteiger partial charge < -0.3 is 15.2 Å². The second kappa shape index (κ2) is 6.10. The Labute approximate surface area is 124 Å². The lowest BCUT2D eigenvalue weighted by molar-refractivity contribution is -0.120. The summed E-state index contributed by atoms with van der Waals surface area (Å²) in [6.45, 7) is 2.43. The van der Waals surface area contributed by atoms with E-state index in [0.29, 0.717) is 12.6 Å². The van der Waals surface area contributed by atoms with Crippen LogP contribution >= 0.6 is 0 Å². The van der Waals surface area contributed by atoms with Gasteiger partial charge in [-0.15, -0.1) is 0 Å². The molecule has 2 aromatic rings. The van der Waals surface area contributed by atoms with E-state index >= 15 is 0 Å². The first-order valence-electron chi connectivity index (χ1n) is 7.33. The van der Waals surface area contributed by atoms with Gasteiger partial charge in [0.05, 0.1) is 12.9 Å². The van der Waals surface area contributed by atoms with Crippen molar-refractivity contribution in [3.63, 3.8) is 0 Å². The smallest absolute Gasteiger partial charge is 0.234 e. The molecular weight excluding hydrogens is 264 g/mol. The second-order valence-electron chi connectivity index (χ2n) is 5.51. The number of rotatable bonds is 6. The Morgan fingerprint density at radius 2 is 2.14 bits per heavy atom. The van der Waals surface area contributed by atoms with Gasteiger partial charge in [0.2, 0.25) is 5.91 Å². The first-order valence-corrected chi connectivity index (χ1v) is 7.33. The fraction of sp³-hybridized carbons (Fsp3) is 0.375. The van der Waals surface area contributed by atoms with Gasteiger partial charge in [-0.25, -0.2) is 4.98 Å². The third-order valence-corrected chi connectivity index (χ3v) is 3.71. The van der Waals surface area contributed by atoms with E-state index in [1.165, 1.54) is 0 Å². The number of carbonyl (C=O) groups excluding carboxylic acids is 1. The minimum absolute atomic E-state index is 0.0828. The summed E-state index contributed by atoms with van der Waals surface area (Å²) in [7, 11) is 0. The van der Waals surface area contributed by atoms with Crippen molar-refractivity contribution in [2.24, 2.45) is 0 Å². The van der Waals surface area contributed by atoms with E-state index in [4.69, 9.17) is 0 Å². The average Bonchev–Trinajstić information content (AvgIpc) is 3.15. The molecule has 1 atom stereocenters.